The van der Waals surface area contributed by atoms with E-state index in [1.165, 1.54) is 12.1 Å². The van der Waals surface area contributed by atoms with E-state index in [0.717, 1.165) is 5.56 Å². The topological polar surface area (TPSA) is 106 Å². The van der Waals surface area contributed by atoms with Crippen molar-refractivity contribution in [1.82, 2.24) is 4.72 Å². The first-order chi connectivity index (χ1) is 9.74. The molecule has 0 unspecified atom stereocenters. The van der Waals surface area contributed by atoms with E-state index in [4.69, 9.17) is 16.7 Å². The number of benzene rings is 1. The van der Waals surface area contributed by atoms with E-state index in [0.29, 0.717) is 25.1 Å². The number of sulfonamides is 2. The second-order valence-electron chi connectivity index (χ2n) is 4.55. The second-order valence-corrected chi connectivity index (χ2v) is 8.41. The molecule has 0 aliphatic heterocycles. The third-order valence-corrected chi connectivity index (χ3v) is 5.45. The highest BCUT2D eigenvalue weighted by molar-refractivity contribution is 7.89. The van der Waals surface area contributed by atoms with Crippen LogP contribution in [0.15, 0.2) is 29.2 Å². The summed E-state index contributed by atoms with van der Waals surface area (Å²) < 4.78 is 47.9. The zero-order chi connectivity index (χ0) is 15.9. The van der Waals surface area contributed by atoms with Gasteiger partial charge < -0.3 is 0 Å². The van der Waals surface area contributed by atoms with Crippen molar-refractivity contribution >= 4 is 31.6 Å². The molecule has 120 valence electrons. The van der Waals surface area contributed by atoms with Crippen LogP contribution in [0.4, 0.5) is 0 Å². The maximum atomic E-state index is 11.6. The molecule has 0 heterocycles. The van der Waals surface area contributed by atoms with Gasteiger partial charge in [-0.15, -0.1) is 11.6 Å². The number of rotatable bonds is 9. The Morgan fingerprint density at radius 1 is 1.05 bits per heavy atom. The van der Waals surface area contributed by atoms with Gasteiger partial charge in [0.15, 0.2) is 0 Å². The van der Waals surface area contributed by atoms with Crippen LogP contribution in [0.3, 0.4) is 0 Å². The van der Waals surface area contributed by atoms with Gasteiger partial charge in [0.05, 0.1) is 10.6 Å². The molecule has 9 heteroatoms. The van der Waals surface area contributed by atoms with Crippen LogP contribution in [-0.4, -0.2) is 35.0 Å². The first-order valence-corrected chi connectivity index (χ1v) is 10.1. The summed E-state index contributed by atoms with van der Waals surface area (Å²) in [7, 11) is -6.98. The van der Waals surface area contributed by atoms with Crippen LogP contribution in [0.25, 0.3) is 0 Å². The molecule has 1 rings (SSSR count). The standard InChI is InChI=1S/C12H19ClN2O4S2/c13-8-1-2-10-20(16,17)15-9-7-11-3-5-12(6-4-11)21(14,18)19/h3-6,15H,1-2,7-10H2,(H2,14,18,19). The van der Waals surface area contributed by atoms with Gasteiger partial charge >= 0.3 is 0 Å². The lowest BCUT2D eigenvalue weighted by Gasteiger charge is -2.07. The molecule has 6 nitrogen and oxygen atoms in total. The van der Waals surface area contributed by atoms with Crippen molar-refractivity contribution in [3.05, 3.63) is 29.8 Å². The summed E-state index contributed by atoms with van der Waals surface area (Å²) in [6.07, 6.45) is 1.67. The molecular weight excluding hydrogens is 336 g/mol. The third-order valence-electron chi connectivity index (χ3n) is 2.78. The summed E-state index contributed by atoms with van der Waals surface area (Å²) in [6.45, 7) is 0.262. The van der Waals surface area contributed by atoms with Crippen molar-refractivity contribution in [3.8, 4) is 0 Å². The third kappa shape index (κ3) is 7.23. The van der Waals surface area contributed by atoms with Crippen LogP contribution in [0.2, 0.25) is 0 Å². The molecule has 1 aromatic carbocycles. The quantitative estimate of drug-likeness (QED) is 0.505. The van der Waals surface area contributed by atoms with Crippen molar-refractivity contribution in [2.24, 2.45) is 5.14 Å². The van der Waals surface area contributed by atoms with Gasteiger partial charge in [0.1, 0.15) is 0 Å². The molecule has 0 fully saturated rings. The van der Waals surface area contributed by atoms with Crippen molar-refractivity contribution in [2.45, 2.75) is 24.2 Å². The highest BCUT2D eigenvalue weighted by Gasteiger charge is 2.10. The average Bonchev–Trinajstić information content (AvgIpc) is 2.38. The lowest BCUT2D eigenvalue weighted by atomic mass is 10.2. The Bertz CT molecular complexity index is 642. The van der Waals surface area contributed by atoms with Crippen LogP contribution < -0.4 is 9.86 Å². The number of primary sulfonamides is 1. The zero-order valence-electron chi connectivity index (χ0n) is 11.5. The lowest BCUT2D eigenvalue weighted by Crippen LogP contribution is -2.28. The zero-order valence-corrected chi connectivity index (χ0v) is 13.8. The molecule has 0 amide bonds. The Kier molecular flexibility index (Phi) is 7.08. The highest BCUT2D eigenvalue weighted by Crippen LogP contribution is 2.09. The van der Waals surface area contributed by atoms with Gasteiger partial charge in [0, 0.05) is 12.4 Å². The summed E-state index contributed by atoms with van der Waals surface area (Å²) in [4.78, 5) is 0.0351. The van der Waals surface area contributed by atoms with Crippen LogP contribution in [0.1, 0.15) is 18.4 Å². The minimum absolute atomic E-state index is 0.0351. The Balaban J connectivity index is 2.46. The number of hydrogen-bond donors (Lipinski definition) is 2. The van der Waals surface area contributed by atoms with Crippen LogP contribution in [0.5, 0.6) is 0 Å². The Morgan fingerprint density at radius 2 is 1.67 bits per heavy atom. The minimum Gasteiger partial charge on any atom is -0.225 e. The second kappa shape index (κ2) is 8.09. The highest BCUT2D eigenvalue weighted by atomic mass is 35.5. The fourth-order valence-electron chi connectivity index (χ4n) is 1.66. The van der Waals surface area contributed by atoms with Crippen LogP contribution >= 0.6 is 11.6 Å². The minimum atomic E-state index is -3.70. The molecule has 3 N–H and O–H groups in total. The fourth-order valence-corrected chi connectivity index (χ4v) is 3.50. The summed E-state index contributed by atoms with van der Waals surface area (Å²) >= 11 is 5.49. The van der Waals surface area contributed by atoms with E-state index in [1.54, 1.807) is 12.1 Å². The molecule has 1 aromatic rings. The number of alkyl halides is 1. The average molecular weight is 355 g/mol. The van der Waals surface area contributed by atoms with E-state index in [-0.39, 0.29) is 17.2 Å². The smallest absolute Gasteiger partial charge is 0.225 e. The van der Waals surface area contributed by atoms with Gasteiger partial charge in [-0.2, -0.15) is 0 Å². The van der Waals surface area contributed by atoms with Gasteiger partial charge in [-0.25, -0.2) is 26.7 Å². The van der Waals surface area contributed by atoms with Gasteiger partial charge in [-0.3, -0.25) is 0 Å². The van der Waals surface area contributed by atoms with E-state index >= 15 is 0 Å². The number of nitrogens with two attached hydrogens (primary N) is 1. The number of nitrogens with one attached hydrogen (secondary N) is 1. The molecule has 0 aliphatic carbocycles. The normalized spacial score (nSPS) is 12.5. The maximum absolute atomic E-state index is 11.6. The van der Waals surface area contributed by atoms with Crippen molar-refractivity contribution in [2.75, 3.05) is 18.2 Å². The number of hydrogen-bond acceptors (Lipinski definition) is 4. The van der Waals surface area contributed by atoms with E-state index in [2.05, 4.69) is 4.72 Å². The SMILES string of the molecule is NS(=O)(=O)c1ccc(CCNS(=O)(=O)CCCCCl)cc1. The van der Waals surface area contributed by atoms with Crippen molar-refractivity contribution in [3.63, 3.8) is 0 Å². The monoisotopic (exact) mass is 354 g/mol. The molecule has 0 bridgehead atoms. The largest absolute Gasteiger partial charge is 0.238 e. The molecule has 0 saturated heterocycles. The predicted molar refractivity (Wildman–Crippen MR) is 83.3 cm³/mol. The van der Waals surface area contributed by atoms with Crippen LogP contribution in [-0.2, 0) is 26.5 Å². The predicted octanol–water partition coefficient (Wildman–Crippen LogP) is 0.815. The molecule has 0 aliphatic rings. The summed E-state index contributed by atoms with van der Waals surface area (Å²) in [5.41, 5.74) is 0.825. The first-order valence-electron chi connectivity index (χ1n) is 6.40. The van der Waals surface area contributed by atoms with Crippen LogP contribution in [0, 0.1) is 0 Å². The summed E-state index contributed by atoms with van der Waals surface area (Å²) in [5, 5.41) is 4.99. The number of halogens is 1. The van der Waals surface area contributed by atoms with E-state index in [9.17, 15) is 16.8 Å². The Labute approximate surface area is 130 Å². The van der Waals surface area contributed by atoms with E-state index in [1.807, 2.05) is 0 Å². The molecule has 0 spiro atoms. The summed E-state index contributed by atoms with van der Waals surface area (Å²) in [5.74, 6) is 0.510. The van der Waals surface area contributed by atoms with Gasteiger partial charge in [0.2, 0.25) is 20.0 Å². The van der Waals surface area contributed by atoms with Gasteiger partial charge in [0.25, 0.3) is 0 Å². The van der Waals surface area contributed by atoms with Crippen molar-refractivity contribution in [1.29, 1.82) is 0 Å². The molecule has 0 atom stereocenters. The maximum Gasteiger partial charge on any atom is 0.238 e. The molecule has 0 radical (unpaired) electrons. The van der Waals surface area contributed by atoms with E-state index < -0.39 is 20.0 Å². The van der Waals surface area contributed by atoms with Crippen molar-refractivity contribution < 1.29 is 16.8 Å². The van der Waals surface area contributed by atoms with Gasteiger partial charge in [-0.1, -0.05) is 12.1 Å². The Morgan fingerprint density at radius 3 is 2.19 bits per heavy atom. The first kappa shape index (κ1) is 18.4. The molecule has 0 saturated carbocycles. The fraction of sp³-hybridized carbons (Fsp3) is 0.500. The molecular formula is C12H19ClN2O4S2. The number of unbranched alkanes of at least 4 members (excludes halogenated alkanes) is 1. The lowest BCUT2D eigenvalue weighted by molar-refractivity contribution is 0.578. The summed E-state index contributed by atoms with van der Waals surface area (Å²) in [6, 6.07) is 6.03. The molecule has 21 heavy (non-hydrogen) atoms. The Hall–Kier alpha value is -0.670. The molecule has 0 aromatic heterocycles. The van der Waals surface area contributed by atoms with Gasteiger partial charge in [-0.05, 0) is 37.0 Å².